The second-order valence-electron chi connectivity index (χ2n) is 3.38. The summed E-state index contributed by atoms with van der Waals surface area (Å²) < 4.78 is 4.99. The number of hydrogen-bond acceptors (Lipinski definition) is 3. The van der Waals surface area contributed by atoms with Gasteiger partial charge in [-0.05, 0) is 11.1 Å². The van der Waals surface area contributed by atoms with Gasteiger partial charge in [0.05, 0.1) is 13.0 Å². The summed E-state index contributed by atoms with van der Waals surface area (Å²) in [6, 6.07) is 7.01. The van der Waals surface area contributed by atoms with Crippen molar-refractivity contribution in [3.63, 3.8) is 0 Å². The maximum atomic E-state index is 10.5. The summed E-state index contributed by atoms with van der Waals surface area (Å²) in [6.45, 7) is 0.508. The highest BCUT2D eigenvalue weighted by molar-refractivity contribution is 5.67. The Morgan fingerprint density at radius 3 is 2.93 bits per heavy atom. The van der Waals surface area contributed by atoms with Gasteiger partial charge in [-0.15, -0.1) is 0 Å². The minimum atomic E-state index is -0.889. The van der Waals surface area contributed by atoms with Crippen LogP contribution >= 0.6 is 0 Å². The zero-order valence-corrected chi connectivity index (χ0v) is 8.64. The van der Waals surface area contributed by atoms with Crippen molar-refractivity contribution >= 4 is 5.97 Å². The third-order valence-corrected chi connectivity index (χ3v) is 2.08. The highest BCUT2D eigenvalue weighted by Gasteiger charge is 2.10. The van der Waals surface area contributed by atoms with Crippen LogP contribution in [-0.2, 0) is 16.1 Å². The normalized spacial score (nSPS) is 12.4. The zero-order valence-electron chi connectivity index (χ0n) is 8.64. The van der Waals surface area contributed by atoms with Crippen molar-refractivity contribution in [3.05, 3.63) is 35.4 Å². The standard InChI is InChI=1S/C11H15NO3/c1-15-7-8-3-2-4-9(5-8)10(12)6-11(13)14/h2-5,10H,6-7,12H2,1H3,(H,13,14)/t10-/m1/s1. The summed E-state index contributed by atoms with van der Waals surface area (Å²) in [5.41, 5.74) is 7.56. The molecule has 4 heteroatoms. The summed E-state index contributed by atoms with van der Waals surface area (Å²) in [5, 5.41) is 8.61. The molecule has 0 spiro atoms. The molecule has 3 N–H and O–H groups in total. The average molecular weight is 209 g/mol. The highest BCUT2D eigenvalue weighted by Crippen LogP contribution is 2.15. The number of benzene rings is 1. The van der Waals surface area contributed by atoms with Gasteiger partial charge in [-0.3, -0.25) is 4.79 Å². The number of hydrogen-bond donors (Lipinski definition) is 2. The first-order chi connectivity index (χ1) is 7.13. The molecule has 0 bridgehead atoms. The van der Waals surface area contributed by atoms with Gasteiger partial charge in [0.1, 0.15) is 0 Å². The van der Waals surface area contributed by atoms with E-state index in [9.17, 15) is 4.79 Å². The van der Waals surface area contributed by atoms with E-state index in [1.807, 2.05) is 24.3 Å². The van der Waals surface area contributed by atoms with Gasteiger partial charge in [-0.2, -0.15) is 0 Å². The molecule has 0 amide bonds. The maximum Gasteiger partial charge on any atom is 0.305 e. The Bertz CT molecular complexity index is 338. The molecule has 0 aromatic heterocycles. The largest absolute Gasteiger partial charge is 0.481 e. The first kappa shape index (κ1) is 11.7. The van der Waals surface area contributed by atoms with E-state index in [-0.39, 0.29) is 6.42 Å². The van der Waals surface area contributed by atoms with Gasteiger partial charge in [0, 0.05) is 13.2 Å². The molecular formula is C11H15NO3. The number of aliphatic carboxylic acids is 1. The summed E-state index contributed by atoms with van der Waals surface area (Å²) in [4.78, 5) is 10.5. The molecule has 1 atom stereocenters. The number of nitrogens with two attached hydrogens (primary N) is 1. The van der Waals surface area contributed by atoms with Gasteiger partial charge in [0.2, 0.25) is 0 Å². The van der Waals surface area contributed by atoms with Crippen LogP contribution in [0.15, 0.2) is 24.3 Å². The van der Waals surface area contributed by atoms with Crippen molar-refractivity contribution in [2.75, 3.05) is 7.11 Å². The van der Waals surface area contributed by atoms with Gasteiger partial charge in [0.15, 0.2) is 0 Å². The SMILES string of the molecule is COCc1cccc([C@H](N)CC(=O)O)c1. The Morgan fingerprint density at radius 2 is 2.33 bits per heavy atom. The summed E-state index contributed by atoms with van der Waals surface area (Å²) >= 11 is 0. The van der Waals surface area contributed by atoms with Gasteiger partial charge in [-0.25, -0.2) is 0 Å². The molecule has 0 heterocycles. The minimum Gasteiger partial charge on any atom is -0.481 e. The topological polar surface area (TPSA) is 72.5 Å². The molecule has 0 saturated heterocycles. The second kappa shape index (κ2) is 5.48. The van der Waals surface area contributed by atoms with Gasteiger partial charge >= 0.3 is 5.97 Å². The van der Waals surface area contributed by atoms with E-state index in [0.717, 1.165) is 11.1 Å². The molecule has 0 aliphatic heterocycles. The average Bonchev–Trinajstić information content (AvgIpc) is 2.17. The molecular weight excluding hydrogens is 194 g/mol. The van der Waals surface area contributed by atoms with Crippen molar-refractivity contribution in [2.24, 2.45) is 5.73 Å². The maximum absolute atomic E-state index is 10.5. The lowest BCUT2D eigenvalue weighted by molar-refractivity contribution is -0.137. The summed E-state index contributed by atoms with van der Waals surface area (Å²) in [5.74, 6) is -0.889. The Labute approximate surface area is 88.7 Å². The second-order valence-corrected chi connectivity index (χ2v) is 3.38. The van der Waals surface area contributed by atoms with E-state index in [2.05, 4.69) is 0 Å². The molecule has 1 aromatic carbocycles. The van der Waals surface area contributed by atoms with Crippen LogP contribution in [0.25, 0.3) is 0 Å². The first-order valence-electron chi connectivity index (χ1n) is 4.68. The fourth-order valence-electron chi connectivity index (χ4n) is 1.39. The molecule has 0 aliphatic rings. The van der Waals surface area contributed by atoms with Crippen molar-refractivity contribution in [1.82, 2.24) is 0 Å². The zero-order chi connectivity index (χ0) is 11.3. The van der Waals surface area contributed by atoms with Crippen LogP contribution in [-0.4, -0.2) is 18.2 Å². The van der Waals surface area contributed by atoms with Gasteiger partial charge in [-0.1, -0.05) is 24.3 Å². The van der Waals surface area contributed by atoms with E-state index in [0.29, 0.717) is 6.61 Å². The Morgan fingerprint density at radius 1 is 1.60 bits per heavy atom. The van der Waals surface area contributed by atoms with Crippen LogP contribution < -0.4 is 5.73 Å². The summed E-state index contributed by atoms with van der Waals surface area (Å²) in [7, 11) is 1.61. The fourth-order valence-corrected chi connectivity index (χ4v) is 1.39. The Kier molecular flexibility index (Phi) is 4.27. The lowest BCUT2D eigenvalue weighted by Gasteiger charge is -2.10. The number of carbonyl (C=O) groups is 1. The van der Waals surface area contributed by atoms with Crippen LogP contribution in [0.1, 0.15) is 23.6 Å². The molecule has 0 unspecified atom stereocenters. The third kappa shape index (κ3) is 3.69. The Balaban J connectivity index is 2.75. The van der Waals surface area contributed by atoms with Crippen molar-refractivity contribution in [3.8, 4) is 0 Å². The lowest BCUT2D eigenvalue weighted by Crippen LogP contribution is -2.15. The first-order valence-corrected chi connectivity index (χ1v) is 4.68. The molecule has 15 heavy (non-hydrogen) atoms. The molecule has 0 fully saturated rings. The van der Waals surface area contributed by atoms with E-state index in [4.69, 9.17) is 15.6 Å². The van der Waals surface area contributed by atoms with Crippen molar-refractivity contribution in [1.29, 1.82) is 0 Å². The molecule has 4 nitrogen and oxygen atoms in total. The predicted molar refractivity (Wildman–Crippen MR) is 56.3 cm³/mol. The number of rotatable bonds is 5. The lowest BCUT2D eigenvalue weighted by atomic mass is 10.0. The van der Waals surface area contributed by atoms with Crippen LogP contribution in [0.4, 0.5) is 0 Å². The number of carboxylic acids is 1. The van der Waals surface area contributed by atoms with E-state index < -0.39 is 12.0 Å². The fraction of sp³-hybridized carbons (Fsp3) is 0.364. The molecule has 1 rings (SSSR count). The smallest absolute Gasteiger partial charge is 0.305 e. The monoisotopic (exact) mass is 209 g/mol. The summed E-state index contributed by atoms with van der Waals surface area (Å²) in [6.07, 6.45) is -0.0591. The number of ether oxygens (including phenoxy) is 1. The van der Waals surface area contributed by atoms with Crippen LogP contribution in [0.5, 0.6) is 0 Å². The van der Waals surface area contributed by atoms with E-state index in [1.54, 1.807) is 7.11 Å². The molecule has 82 valence electrons. The third-order valence-electron chi connectivity index (χ3n) is 2.08. The van der Waals surface area contributed by atoms with Crippen LogP contribution in [0, 0.1) is 0 Å². The van der Waals surface area contributed by atoms with Crippen molar-refractivity contribution < 1.29 is 14.6 Å². The van der Waals surface area contributed by atoms with Gasteiger partial charge in [0.25, 0.3) is 0 Å². The number of methoxy groups -OCH3 is 1. The van der Waals surface area contributed by atoms with E-state index >= 15 is 0 Å². The minimum absolute atomic E-state index is 0.0591. The number of carboxylic acid groups (broad SMARTS) is 1. The predicted octanol–water partition coefficient (Wildman–Crippen LogP) is 1.31. The Hall–Kier alpha value is -1.39. The highest BCUT2D eigenvalue weighted by atomic mass is 16.5. The molecule has 0 saturated carbocycles. The quantitative estimate of drug-likeness (QED) is 0.766. The molecule has 0 aliphatic carbocycles. The van der Waals surface area contributed by atoms with Gasteiger partial charge < -0.3 is 15.6 Å². The van der Waals surface area contributed by atoms with Crippen LogP contribution in [0.3, 0.4) is 0 Å². The van der Waals surface area contributed by atoms with Crippen molar-refractivity contribution in [2.45, 2.75) is 19.1 Å². The molecule has 1 aromatic rings. The van der Waals surface area contributed by atoms with E-state index in [1.165, 1.54) is 0 Å². The van der Waals surface area contributed by atoms with Crippen LogP contribution in [0.2, 0.25) is 0 Å². The molecule has 0 radical (unpaired) electrons.